The average Bonchev–Trinajstić information content (AvgIpc) is 2.91. The molecule has 0 saturated heterocycles. The summed E-state index contributed by atoms with van der Waals surface area (Å²) in [7, 11) is 0. The number of benzene rings is 2. The first-order chi connectivity index (χ1) is 12.7. The molecule has 136 valence electrons. The van der Waals surface area contributed by atoms with Gasteiger partial charge in [0.15, 0.2) is 18.1 Å². The Kier molecular flexibility index (Phi) is 5.70. The Balaban J connectivity index is 1.53. The summed E-state index contributed by atoms with van der Waals surface area (Å²) in [4.78, 5) is 23.9. The van der Waals surface area contributed by atoms with Crippen LogP contribution < -0.4 is 14.8 Å². The Morgan fingerprint density at radius 2 is 1.77 bits per heavy atom. The molecule has 2 aromatic rings. The van der Waals surface area contributed by atoms with Crippen LogP contribution in [0.25, 0.3) is 0 Å². The van der Waals surface area contributed by atoms with Crippen LogP contribution in [-0.2, 0) is 16.1 Å². The highest BCUT2D eigenvalue weighted by Crippen LogP contribution is 2.32. The van der Waals surface area contributed by atoms with Crippen LogP contribution in [0.3, 0.4) is 0 Å². The molecule has 0 spiro atoms. The second-order valence-corrected chi connectivity index (χ2v) is 5.69. The fraction of sp³-hybridized carbons (Fsp3) is 0.263. The van der Waals surface area contributed by atoms with E-state index in [4.69, 9.17) is 19.3 Å². The molecule has 0 bridgehead atoms. The van der Waals surface area contributed by atoms with Gasteiger partial charge in [-0.15, -0.1) is 0 Å². The lowest BCUT2D eigenvalue weighted by atomic mass is 10.1. The first kappa shape index (κ1) is 17.8. The summed E-state index contributed by atoms with van der Waals surface area (Å²) in [6.07, 6.45) is 0.797. The third-order valence-electron chi connectivity index (χ3n) is 3.74. The van der Waals surface area contributed by atoms with Crippen molar-refractivity contribution in [2.24, 2.45) is 0 Å². The number of ether oxygens (including phenoxy) is 3. The lowest BCUT2D eigenvalue weighted by Crippen LogP contribution is -2.21. The van der Waals surface area contributed by atoms with Gasteiger partial charge in [0.2, 0.25) is 0 Å². The van der Waals surface area contributed by atoms with Gasteiger partial charge in [0.1, 0.15) is 0 Å². The Bertz CT molecular complexity index is 787. The van der Waals surface area contributed by atoms with Gasteiger partial charge in [-0.1, -0.05) is 12.1 Å². The van der Waals surface area contributed by atoms with E-state index in [1.807, 2.05) is 0 Å². The Morgan fingerprint density at radius 1 is 1.04 bits per heavy atom. The molecule has 2 N–H and O–H groups in total. The quantitative estimate of drug-likeness (QED) is 0.796. The van der Waals surface area contributed by atoms with Gasteiger partial charge in [-0.05, 0) is 29.8 Å². The van der Waals surface area contributed by atoms with E-state index in [-0.39, 0.29) is 6.61 Å². The van der Waals surface area contributed by atoms with Crippen molar-refractivity contribution < 1.29 is 28.9 Å². The lowest BCUT2D eigenvalue weighted by Gasteiger charge is -2.10. The molecule has 0 unspecified atom stereocenters. The molecule has 2 aromatic carbocycles. The number of anilines is 1. The Labute approximate surface area is 150 Å². The van der Waals surface area contributed by atoms with Gasteiger partial charge in [0.05, 0.1) is 25.4 Å². The van der Waals surface area contributed by atoms with Crippen molar-refractivity contribution in [1.82, 2.24) is 0 Å². The molecule has 7 nitrogen and oxygen atoms in total. The molecular weight excluding hydrogens is 338 g/mol. The summed E-state index contributed by atoms with van der Waals surface area (Å²) < 4.78 is 16.1. The maximum absolute atomic E-state index is 12.0. The van der Waals surface area contributed by atoms with Crippen molar-refractivity contribution in [1.29, 1.82) is 0 Å². The predicted octanol–water partition coefficient (Wildman–Crippen LogP) is 2.14. The SMILES string of the molecule is O=C(COC(=O)c1ccc(CO)cc1)Nc1ccc2c(c1)OCCCO2. The number of carbonyl (C=O) groups excluding carboxylic acids is 2. The number of rotatable bonds is 5. The van der Waals surface area contributed by atoms with Crippen LogP contribution in [0.5, 0.6) is 11.5 Å². The molecule has 0 radical (unpaired) electrons. The van der Waals surface area contributed by atoms with Gasteiger partial charge in [-0.2, -0.15) is 0 Å². The molecule has 0 atom stereocenters. The molecule has 0 saturated carbocycles. The number of amides is 1. The van der Waals surface area contributed by atoms with Crippen LogP contribution in [0.1, 0.15) is 22.3 Å². The second-order valence-electron chi connectivity index (χ2n) is 5.69. The van der Waals surface area contributed by atoms with Gasteiger partial charge < -0.3 is 24.6 Å². The fourth-order valence-electron chi connectivity index (χ4n) is 2.40. The minimum absolute atomic E-state index is 0.104. The third kappa shape index (κ3) is 4.52. The van der Waals surface area contributed by atoms with E-state index in [0.29, 0.717) is 41.5 Å². The van der Waals surface area contributed by atoms with E-state index < -0.39 is 18.5 Å². The molecule has 26 heavy (non-hydrogen) atoms. The van der Waals surface area contributed by atoms with Crippen molar-refractivity contribution in [2.75, 3.05) is 25.1 Å². The van der Waals surface area contributed by atoms with Crippen molar-refractivity contribution >= 4 is 17.6 Å². The van der Waals surface area contributed by atoms with Crippen LogP contribution in [0.2, 0.25) is 0 Å². The summed E-state index contributed by atoms with van der Waals surface area (Å²) in [5.74, 6) is 0.141. The highest BCUT2D eigenvalue weighted by Gasteiger charge is 2.13. The van der Waals surface area contributed by atoms with Gasteiger partial charge in [-0.25, -0.2) is 4.79 Å². The van der Waals surface area contributed by atoms with Crippen molar-refractivity contribution in [3.05, 3.63) is 53.6 Å². The summed E-state index contributed by atoms with van der Waals surface area (Å²) >= 11 is 0. The van der Waals surface area contributed by atoms with Crippen molar-refractivity contribution in [3.63, 3.8) is 0 Å². The smallest absolute Gasteiger partial charge is 0.338 e. The molecule has 0 aliphatic carbocycles. The third-order valence-corrected chi connectivity index (χ3v) is 3.74. The second kappa shape index (κ2) is 8.35. The Morgan fingerprint density at radius 3 is 2.50 bits per heavy atom. The Hall–Kier alpha value is -3.06. The largest absolute Gasteiger partial charge is 0.490 e. The van der Waals surface area contributed by atoms with Crippen LogP contribution in [0, 0.1) is 0 Å². The van der Waals surface area contributed by atoms with E-state index in [0.717, 1.165) is 6.42 Å². The highest BCUT2D eigenvalue weighted by atomic mass is 16.5. The summed E-state index contributed by atoms with van der Waals surface area (Å²) in [5.41, 5.74) is 1.53. The standard InChI is InChI=1S/C19H19NO6/c21-11-13-2-4-14(5-3-13)19(23)26-12-18(22)20-15-6-7-16-17(10-15)25-9-1-8-24-16/h2-7,10,21H,1,8-9,11-12H2,(H,20,22). The monoisotopic (exact) mass is 357 g/mol. The lowest BCUT2D eigenvalue weighted by molar-refractivity contribution is -0.119. The first-order valence-electron chi connectivity index (χ1n) is 8.22. The molecule has 0 aromatic heterocycles. The molecule has 1 aliphatic heterocycles. The number of esters is 1. The van der Waals surface area contributed by atoms with Gasteiger partial charge in [-0.3, -0.25) is 4.79 Å². The van der Waals surface area contributed by atoms with Crippen LogP contribution >= 0.6 is 0 Å². The fourth-order valence-corrected chi connectivity index (χ4v) is 2.40. The summed E-state index contributed by atoms with van der Waals surface area (Å²) in [6.45, 7) is 0.632. The van der Waals surface area contributed by atoms with Crippen molar-refractivity contribution in [2.45, 2.75) is 13.0 Å². The molecule has 7 heteroatoms. The zero-order valence-corrected chi connectivity index (χ0v) is 14.1. The predicted molar refractivity (Wildman–Crippen MR) is 93.3 cm³/mol. The summed E-state index contributed by atoms with van der Waals surface area (Å²) in [6, 6.07) is 11.4. The minimum Gasteiger partial charge on any atom is -0.490 e. The number of hydrogen-bond acceptors (Lipinski definition) is 6. The average molecular weight is 357 g/mol. The van der Waals surface area contributed by atoms with E-state index in [1.165, 1.54) is 12.1 Å². The number of carbonyl (C=O) groups is 2. The molecule has 1 amide bonds. The maximum Gasteiger partial charge on any atom is 0.338 e. The molecule has 1 heterocycles. The van der Waals surface area contributed by atoms with Crippen LogP contribution in [-0.4, -0.2) is 36.8 Å². The maximum atomic E-state index is 12.0. The number of nitrogens with one attached hydrogen (secondary N) is 1. The highest BCUT2D eigenvalue weighted by molar-refractivity contribution is 5.95. The number of hydrogen-bond donors (Lipinski definition) is 2. The van der Waals surface area contributed by atoms with Gasteiger partial charge >= 0.3 is 5.97 Å². The van der Waals surface area contributed by atoms with Crippen LogP contribution in [0.15, 0.2) is 42.5 Å². The number of aliphatic hydroxyl groups is 1. The molecule has 1 aliphatic rings. The zero-order chi connectivity index (χ0) is 18.4. The van der Waals surface area contributed by atoms with E-state index >= 15 is 0 Å². The van der Waals surface area contributed by atoms with E-state index in [1.54, 1.807) is 30.3 Å². The van der Waals surface area contributed by atoms with E-state index in [9.17, 15) is 9.59 Å². The molecule has 3 rings (SSSR count). The first-order valence-corrected chi connectivity index (χ1v) is 8.22. The number of aliphatic hydroxyl groups excluding tert-OH is 1. The van der Waals surface area contributed by atoms with Gasteiger partial charge in [0.25, 0.3) is 5.91 Å². The summed E-state index contributed by atoms with van der Waals surface area (Å²) in [5, 5.41) is 11.6. The zero-order valence-electron chi connectivity index (χ0n) is 14.1. The topological polar surface area (TPSA) is 94.1 Å². The van der Waals surface area contributed by atoms with Gasteiger partial charge in [0, 0.05) is 18.2 Å². The van der Waals surface area contributed by atoms with Crippen molar-refractivity contribution in [3.8, 4) is 11.5 Å². The van der Waals surface area contributed by atoms with Crippen LogP contribution in [0.4, 0.5) is 5.69 Å². The normalized spacial score (nSPS) is 12.8. The number of fused-ring (bicyclic) bond motifs is 1. The molecular formula is C19H19NO6. The van der Waals surface area contributed by atoms with E-state index in [2.05, 4.69) is 5.32 Å². The minimum atomic E-state index is -0.608. The molecule has 0 fully saturated rings.